The van der Waals surface area contributed by atoms with E-state index in [-0.39, 0.29) is 12.5 Å². The molecule has 6 heteroatoms. The Kier molecular flexibility index (Phi) is 5.12. The SMILES string of the molecule is Cc1ccc(OCC(=O)Nc2ccc3nc(-c4ccc(Br)cc4)cn3c2)cc1. The molecular weight excluding hydrogens is 418 g/mol. The number of fused-ring (bicyclic) bond motifs is 1. The minimum atomic E-state index is -0.215. The molecule has 5 nitrogen and oxygen atoms in total. The molecule has 0 saturated heterocycles. The Bertz CT molecular complexity index is 1120. The number of nitrogens with one attached hydrogen (secondary N) is 1. The summed E-state index contributed by atoms with van der Waals surface area (Å²) in [4.78, 5) is 16.8. The minimum Gasteiger partial charge on any atom is -0.484 e. The second-order valence-corrected chi connectivity index (χ2v) is 7.38. The first-order chi connectivity index (χ1) is 13.6. The highest BCUT2D eigenvalue weighted by Crippen LogP contribution is 2.22. The van der Waals surface area contributed by atoms with Crippen LogP contribution >= 0.6 is 15.9 Å². The summed E-state index contributed by atoms with van der Waals surface area (Å²) in [5, 5.41) is 2.85. The van der Waals surface area contributed by atoms with Crippen molar-refractivity contribution >= 4 is 33.2 Å². The highest BCUT2D eigenvalue weighted by Gasteiger charge is 2.08. The van der Waals surface area contributed by atoms with Crippen molar-refractivity contribution in [1.29, 1.82) is 0 Å². The number of carbonyl (C=O) groups excluding carboxylic acids is 1. The summed E-state index contributed by atoms with van der Waals surface area (Å²) in [5.74, 6) is 0.457. The number of halogens is 1. The number of benzene rings is 2. The van der Waals surface area contributed by atoms with Crippen LogP contribution in [0, 0.1) is 6.92 Å². The molecule has 0 aliphatic heterocycles. The maximum Gasteiger partial charge on any atom is 0.262 e. The number of imidazole rings is 1. The molecule has 0 fully saturated rings. The van der Waals surface area contributed by atoms with Crippen molar-refractivity contribution in [3.05, 3.63) is 83.1 Å². The monoisotopic (exact) mass is 435 g/mol. The molecule has 4 rings (SSSR count). The van der Waals surface area contributed by atoms with Crippen LogP contribution in [-0.4, -0.2) is 21.9 Å². The van der Waals surface area contributed by atoms with E-state index in [1.54, 1.807) is 0 Å². The van der Waals surface area contributed by atoms with E-state index in [0.717, 1.165) is 26.9 Å². The fourth-order valence-electron chi connectivity index (χ4n) is 2.81. The predicted molar refractivity (Wildman–Crippen MR) is 114 cm³/mol. The predicted octanol–water partition coefficient (Wildman–Crippen LogP) is 5.09. The van der Waals surface area contributed by atoms with E-state index in [0.29, 0.717) is 11.4 Å². The van der Waals surface area contributed by atoms with Gasteiger partial charge in [0.1, 0.15) is 11.4 Å². The quantitative estimate of drug-likeness (QED) is 0.474. The van der Waals surface area contributed by atoms with Gasteiger partial charge in [-0.15, -0.1) is 0 Å². The van der Waals surface area contributed by atoms with Gasteiger partial charge in [0.25, 0.3) is 5.91 Å². The molecule has 2 aromatic carbocycles. The van der Waals surface area contributed by atoms with Gasteiger partial charge in [-0.25, -0.2) is 4.98 Å². The first-order valence-corrected chi connectivity index (χ1v) is 9.60. The highest BCUT2D eigenvalue weighted by atomic mass is 79.9. The molecule has 0 aliphatic carbocycles. The fraction of sp³-hybridized carbons (Fsp3) is 0.0909. The van der Waals surface area contributed by atoms with E-state index >= 15 is 0 Å². The van der Waals surface area contributed by atoms with Crippen LogP contribution in [0.15, 0.2) is 77.5 Å². The van der Waals surface area contributed by atoms with E-state index in [1.165, 1.54) is 0 Å². The number of carbonyl (C=O) groups is 1. The largest absolute Gasteiger partial charge is 0.484 e. The molecule has 0 spiro atoms. The molecule has 0 bridgehead atoms. The number of hydrogen-bond acceptors (Lipinski definition) is 3. The maximum absolute atomic E-state index is 12.2. The van der Waals surface area contributed by atoms with E-state index in [1.807, 2.05) is 84.4 Å². The van der Waals surface area contributed by atoms with Gasteiger partial charge >= 0.3 is 0 Å². The Labute approximate surface area is 171 Å². The lowest BCUT2D eigenvalue weighted by molar-refractivity contribution is -0.118. The first-order valence-electron chi connectivity index (χ1n) is 8.81. The van der Waals surface area contributed by atoms with Gasteiger partial charge in [0.2, 0.25) is 0 Å². The molecule has 140 valence electrons. The van der Waals surface area contributed by atoms with E-state index in [2.05, 4.69) is 26.2 Å². The summed E-state index contributed by atoms with van der Waals surface area (Å²) in [6, 6.07) is 19.3. The van der Waals surface area contributed by atoms with Crippen molar-refractivity contribution in [3.8, 4) is 17.0 Å². The Morgan fingerprint density at radius 2 is 1.79 bits per heavy atom. The second-order valence-electron chi connectivity index (χ2n) is 6.47. The Balaban J connectivity index is 1.44. The van der Waals surface area contributed by atoms with Gasteiger partial charge in [0.05, 0.1) is 11.4 Å². The number of pyridine rings is 1. The standard InChI is InChI=1S/C22H18BrN3O2/c1-15-2-9-19(10-3-15)28-14-22(27)24-18-8-11-21-25-20(13-26(21)12-18)16-4-6-17(23)7-5-16/h2-13H,14H2,1H3,(H,24,27). The third-order valence-corrected chi connectivity index (χ3v) is 4.79. The van der Waals surface area contributed by atoms with Crippen molar-refractivity contribution in [2.45, 2.75) is 6.92 Å². The van der Waals surface area contributed by atoms with Crippen LogP contribution in [0.3, 0.4) is 0 Å². The number of aromatic nitrogens is 2. The van der Waals surface area contributed by atoms with E-state index in [4.69, 9.17) is 4.74 Å². The van der Waals surface area contributed by atoms with Crippen LogP contribution in [0.5, 0.6) is 5.75 Å². The average Bonchev–Trinajstić information content (AvgIpc) is 3.11. The van der Waals surface area contributed by atoms with Gasteiger partial charge in [0, 0.05) is 22.4 Å². The Hall–Kier alpha value is -3.12. The zero-order valence-electron chi connectivity index (χ0n) is 15.2. The molecule has 28 heavy (non-hydrogen) atoms. The van der Waals surface area contributed by atoms with Crippen LogP contribution in [0.25, 0.3) is 16.9 Å². The average molecular weight is 436 g/mol. The van der Waals surface area contributed by atoms with Crippen LogP contribution in [0.2, 0.25) is 0 Å². The Morgan fingerprint density at radius 1 is 1.04 bits per heavy atom. The number of amides is 1. The Morgan fingerprint density at radius 3 is 2.54 bits per heavy atom. The lowest BCUT2D eigenvalue weighted by atomic mass is 10.2. The summed E-state index contributed by atoms with van der Waals surface area (Å²) >= 11 is 3.44. The van der Waals surface area contributed by atoms with Crippen LogP contribution in [0.4, 0.5) is 5.69 Å². The molecule has 4 aromatic rings. The lowest BCUT2D eigenvalue weighted by Gasteiger charge is -2.08. The lowest BCUT2D eigenvalue weighted by Crippen LogP contribution is -2.20. The maximum atomic E-state index is 12.2. The second kappa shape index (κ2) is 7.86. The topological polar surface area (TPSA) is 55.6 Å². The molecule has 0 aliphatic rings. The smallest absolute Gasteiger partial charge is 0.262 e. The van der Waals surface area contributed by atoms with Crippen molar-refractivity contribution < 1.29 is 9.53 Å². The molecule has 0 atom stereocenters. The van der Waals surface area contributed by atoms with Gasteiger partial charge < -0.3 is 14.5 Å². The molecule has 1 N–H and O–H groups in total. The number of ether oxygens (including phenoxy) is 1. The van der Waals surface area contributed by atoms with Crippen molar-refractivity contribution in [1.82, 2.24) is 9.38 Å². The van der Waals surface area contributed by atoms with Crippen molar-refractivity contribution in [2.75, 3.05) is 11.9 Å². The number of hydrogen-bond donors (Lipinski definition) is 1. The first kappa shape index (κ1) is 18.3. The van der Waals surface area contributed by atoms with E-state index in [9.17, 15) is 4.79 Å². The number of aryl methyl sites for hydroxylation is 1. The summed E-state index contributed by atoms with van der Waals surface area (Å²) in [6.45, 7) is 1.96. The number of rotatable bonds is 5. The molecule has 0 radical (unpaired) electrons. The molecular formula is C22H18BrN3O2. The zero-order valence-corrected chi connectivity index (χ0v) is 16.8. The van der Waals surface area contributed by atoms with E-state index < -0.39 is 0 Å². The molecule has 0 unspecified atom stereocenters. The summed E-state index contributed by atoms with van der Waals surface area (Å²) in [7, 11) is 0. The molecule has 2 heterocycles. The third-order valence-electron chi connectivity index (χ3n) is 4.27. The van der Waals surface area contributed by atoms with Crippen molar-refractivity contribution in [2.24, 2.45) is 0 Å². The molecule has 2 aromatic heterocycles. The highest BCUT2D eigenvalue weighted by molar-refractivity contribution is 9.10. The summed E-state index contributed by atoms with van der Waals surface area (Å²) in [6.07, 6.45) is 3.78. The summed E-state index contributed by atoms with van der Waals surface area (Å²) in [5.41, 5.74) is 4.55. The fourth-order valence-corrected chi connectivity index (χ4v) is 3.07. The molecule has 0 saturated carbocycles. The van der Waals surface area contributed by atoms with Gasteiger partial charge in [-0.05, 0) is 43.3 Å². The third kappa shape index (κ3) is 4.23. The van der Waals surface area contributed by atoms with Crippen LogP contribution in [-0.2, 0) is 4.79 Å². The van der Waals surface area contributed by atoms with Gasteiger partial charge in [-0.3, -0.25) is 4.79 Å². The van der Waals surface area contributed by atoms with Crippen molar-refractivity contribution in [3.63, 3.8) is 0 Å². The molecule has 1 amide bonds. The number of anilines is 1. The van der Waals surface area contributed by atoms with Gasteiger partial charge in [-0.1, -0.05) is 45.8 Å². The van der Waals surface area contributed by atoms with Crippen LogP contribution < -0.4 is 10.1 Å². The number of nitrogens with zero attached hydrogens (tertiary/aromatic N) is 2. The summed E-state index contributed by atoms with van der Waals surface area (Å²) < 4.78 is 8.44. The normalized spacial score (nSPS) is 10.8. The van der Waals surface area contributed by atoms with Gasteiger partial charge in [0.15, 0.2) is 6.61 Å². The van der Waals surface area contributed by atoms with Gasteiger partial charge in [-0.2, -0.15) is 0 Å². The minimum absolute atomic E-state index is 0.0465. The van der Waals surface area contributed by atoms with Crippen LogP contribution in [0.1, 0.15) is 5.56 Å². The zero-order chi connectivity index (χ0) is 19.5.